The minimum atomic E-state index is -0.853. The van der Waals surface area contributed by atoms with E-state index < -0.39 is 17.7 Å². The van der Waals surface area contributed by atoms with Gasteiger partial charge < -0.3 is 24.7 Å². The fourth-order valence-corrected chi connectivity index (χ4v) is 2.37. The summed E-state index contributed by atoms with van der Waals surface area (Å²) in [4.78, 5) is 22.9. The van der Waals surface area contributed by atoms with Gasteiger partial charge in [-0.3, -0.25) is 0 Å². The molecule has 0 saturated carbocycles. The second-order valence-corrected chi connectivity index (χ2v) is 7.37. The smallest absolute Gasteiger partial charge is 0.438 e. The van der Waals surface area contributed by atoms with Crippen LogP contribution in [0.3, 0.4) is 0 Å². The fraction of sp³-hybridized carbons (Fsp3) is 0.556. The van der Waals surface area contributed by atoms with Crippen LogP contribution in [0.1, 0.15) is 45.7 Å². The first-order chi connectivity index (χ1) is 11.4. The highest BCUT2D eigenvalue weighted by atomic mass is 16.7. The number of hydrogen-bond acceptors (Lipinski definition) is 7. The zero-order valence-corrected chi connectivity index (χ0v) is 15.9. The number of carbonyl (C=O) groups is 2. The van der Waals surface area contributed by atoms with E-state index in [1.165, 1.54) is 14.2 Å². The zero-order chi connectivity index (χ0) is 19.4. The molecule has 1 aromatic carbocycles. The Morgan fingerprint density at radius 3 is 2.00 bits per heavy atom. The van der Waals surface area contributed by atoms with Crippen LogP contribution in [0.2, 0.25) is 0 Å². The molecule has 0 radical (unpaired) electrons. The molecule has 0 heterocycles. The van der Waals surface area contributed by atoms with Crippen molar-refractivity contribution in [1.82, 2.24) is 0 Å². The third-order valence-corrected chi connectivity index (χ3v) is 3.77. The standard InChI is InChI=1S/C18H27NO6/c1-17(2,3)11-8-12(18(4,5)10-24-15(20)22-6)14(9-13(11)19)25-16(21)23-7/h8-9H,10,19H2,1-7H3. The molecule has 7 nitrogen and oxygen atoms in total. The van der Waals surface area contributed by atoms with Crippen LogP contribution in [-0.4, -0.2) is 33.1 Å². The molecule has 0 fully saturated rings. The monoisotopic (exact) mass is 353 g/mol. The lowest BCUT2D eigenvalue weighted by Gasteiger charge is -2.30. The van der Waals surface area contributed by atoms with Crippen molar-refractivity contribution < 1.29 is 28.5 Å². The molecule has 0 aliphatic heterocycles. The predicted octanol–water partition coefficient (Wildman–Crippen LogP) is 3.77. The first-order valence-electron chi connectivity index (χ1n) is 7.83. The molecule has 0 aliphatic rings. The number of methoxy groups -OCH3 is 2. The van der Waals surface area contributed by atoms with Gasteiger partial charge in [0.15, 0.2) is 0 Å². The minimum Gasteiger partial charge on any atom is -0.438 e. The van der Waals surface area contributed by atoms with Gasteiger partial charge in [0, 0.05) is 22.7 Å². The lowest BCUT2D eigenvalue weighted by molar-refractivity contribution is 0.0571. The molecule has 0 saturated heterocycles. The molecule has 7 heteroatoms. The van der Waals surface area contributed by atoms with Crippen molar-refractivity contribution in [2.45, 2.75) is 45.4 Å². The largest absolute Gasteiger partial charge is 0.513 e. The number of rotatable bonds is 4. The second-order valence-electron chi connectivity index (χ2n) is 7.37. The van der Waals surface area contributed by atoms with E-state index in [0.717, 1.165) is 5.56 Å². The van der Waals surface area contributed by atoms with Crippen molar-refractivity contribution in [1.29, 1.82) is 0 Å². The summed E-state index contributed by atoms with van der Waals surface area (Å²) in [5.41, 5.74) is 7.32. The van der Waals surface area contributed by atoms with E-state index in [1.807, 2.05) is 40.7 Å². The van der Waals surface area contributed by atoms with E-state index in [9.17, 15) is 9.59 Å². The summed E-state index contributed by atoms with van der Waals surface area (Å²) < 4.78 is 19.4. The summed E-state index contributed by atoms with van der Waals surface area (Å²) in [5, 5.41) is 0. The lowest BCUT2D eigenvalue weighted by atomic mass is 9.78. The summed E-state index contributed by atoms with van der Waals surface area (Å²) >= 11 is 0. The number of nitrogen functional groups attached to an aromatic ring is 1. The molecule has 0 spiro atoms. The van der Waals surface area contributed by atoms with Crippen molar-refractivity contribution in [2.75, 3.05) is 26.6 Å². The molecular formula is C18H27NO6. The molecule has 0 bridgehead atoms. The highest BCUT2D eigenvalue weighted by Crippen LogP contribution is 2.39. The first-order valence-corrected chi connectivity index (χ1v) is 7.83. The number of carbonyl (C=O) groups excluding carboxylic acids is 2. The summed E-state index contributed by atoms with van der Waals surface area (Å²) in [5.74, 6) is 0.260. The number of hydrogen-bond donors (Lipinski definition) is 1. The molecule has 0 atom stereocenters. The van der Waals surface area contributed by atoms with Crippen LogP contribution in [0.25, 0.3) is 0 Å². The number of benzene rings is 1. The van der Waals surface area contributed by atoms with Gasteiger partial charge in [0.2, 0.25) is 0 Å². The average molecular weight is 353 g/mol. The number of ether oxygens (including phenoxy) is 4. The van der Waals surface area contributed by atoms with Crippen molar-refractivity contribution in [3.8, 4) is 5.75 Å². The molecular weight excluding hydrogens is 326 g/mol. The molecule has 0 amide bonds. The fourth-order valence-electron chi connectivity index (χ4n) is 2.37. The van der Waals surface area contributed by atoms with Crippen molar-refractivity contribution in [2.24, 2.45) is 0 Å². The summed E-state index contributed by atoms with van der Waals surface area (Å²) in [6, 6.07) is 3.46. The Balaban J connectivity index is 3.40. The molecule has 0 unspecified atom stereocenters. The van der Waals surface area contributed by atoms with E-state index in [2.05, 4.69) is 9.47 Å². The summed E-state index contributed by atoms with van der Waals surface area (Å²) in [6.45, 7) is 9.84. The summed E-state index contributed by atoms with van der Waals surface area (Å²) in [7, 11) is 2.46. The SMILES string of the molecule is COC(=O)OCC(C)(C)c1cc(C(C)(C)C)c(N)cc1OC(=O)OC. The lowest BCUT2D eigenvalue weighted by Crippen LogP contribution is -2.28. The Morgan fingerprint density at radius 2 is 1.52 bits per heavy atom. The normalized spacial score (nSPS) is 11.6. The Kier molecular flexibility index (Phi) is 6.29. The Morgan fingerprint density at radius 1 is 0.960 bits per heavy atom. The molecule has 25 heavy (non-hydrogen) atoms. The maximum atomic E-state index is 11.6. The molecule has 2 N–H and O–H groups in total. The van der Waals surface area contributed by atoms with Gasteiger partial charge in [0.05, 0.1) is 14.2 Å². The van der Waals surface area contributed by atoms with Crippen molar-refractivity contribution >= 4 is 18.0 Å². The quantitative estimate of drug-likeness (QED) is 0.500. The van der Waals surface area contributed by atoms with Gasteiger partial charge in [-0.25, -0.2) is 9.59 Å². The van der Waals surface area contributed by atoms with Crippen LogP contribution >= 0.6 is 0 Å². The second kappa shape index (κ2) is 7.63. The molecule has 140 valence electrons. The molecule has 1 rings (SSSR count). The predicted molar refractivity (Wildman–Crippen MR) is 94.0 cm³/mol. The molecule has 1 aromatic rings. The van der Waals surface area contributed by atoms with Crippen molar-refractivity contribution in [3.63, 3.8) is 0 Å². The van der Waals surface area contributed by atoms with Gasteiger partial charge in [0.1, 0.15) is 12.4 Å². The van der Waals surface area contributed by atoms with Crippen LogP contribution in [0.4, 0.5) is 15.3 Å². The third kappa shape index (κ3) is 5.27. The first kappa shape index (κ1) is 20.6. The van der Waals surface area contributed by atoms with Gasteiger partial charge >= 0.3 is 12.3 Å². The van der Waals surface area contributed by atoms with Gasteiger partial charge in [-0.2, -0.15) is 0 Å². The van der Waals surface area contributed by atoms with E-state index in [-0.39, 0.29) is 17.8 Å². The van der Waals surface area contributed by atoms with Gasteiger partial charge in [-0.1, -0.05) is 34.6 Å². The third-order valence-electron chi connectivity index (χ3n) is 3.77. The summed E-state index contributed by atoms with van der Waals surface area (Å²) in [6.07, 6.45) is -1.64. The average Bonchev–Trinajstić information content (AvgIpc) is 2.51. The van der Waals surface area contributed by atoms with Gasteiger partial charge in [-0.15, -0.1) is 0 Å². The number of nitrogens with two attached hydrogens (primary N) is 1. The highest BCUT2D eigenvalue weighted by molar-refractivity contribution is 5.68. The van der Waals surface area contributed by atoms with Crippen molar-refractivity contribution in [3.05, 3.63) is 23.3 Å². The van der Waals surface area contributed by atoms with E-state index >= 15 is 0 Å². The van der Waals surface area contributed by atoms with Crippen LogP contribution in [0.5, 0.6) is 5.75 Å². The zero-order valence-electron chi connectivity index (χ0n) is 15.9. The topological polar surface area (TPSA) is 97.1 Å². The Labute approximate surface area is 148 Å². The van der Waals surface area contributed by atoms with E-state index in [4.69, 9.17) is 15.2 Å². The van der Waals surface area contributed by atoms with Crippen LogP contribution in [0, 0.1) is 0 Å². The van der Waals surface area contributed by atoms with E-state index in [0.29, 0.717) is 11.3 Å². The molecule has 0 aliphatic carbocycles. The Hall–Kier alpha value is -2.44. The van der Waals surface area contributed by atoms with Crippen LogP contribution in [0.15, 0.2) is 12.1 Å². The maximum absolute atomic E-state index is 11.6. The maximum Gasteiger partial charge on any atom is 0.513 e. The van der Waals surface area contributed by atoms with Gasteiger partial charge in [-0.05, 0) is 17.0 Å². The highest BCUT2D eigenvalue weighted by Gasteiger charge is 2.31. The van der Waals surface area contributed by atoms with Crippen LogP contribution < -0.4 is 10.5 Å². The Bertz CT molecular complexity index is 646. The van der Waals surface area contributed by atoms with E-state index in [1.54, 1.807) is 6.07 Å². The number of anilines is 1. The van der Waals surface area contributed by atoms with Crippen LogP contribution in [-0.2, 0) is 25.0 Å². The van der Waals surface area contributed by atoms with Gasteiger partial charge in [0.25, 0.3) is 0 Å². The minimum absolute atomic E-state index is 0.0324. The molecule has 0 aromatic heterocycles.